The molecular formula is C20H31N3O8Si. The Morgan fingerprint density at radius 1 is 1.38 bits per heavy atom. The van der Waals surface area contributed by atoms with E-state index in [-0.39, 0.29) is 29.8 Å². The first-order valence-electron chi connectivity index (χ1n) is 10.4. The van der Waals surface area contributed by atoms with E-state index in [1.54, 1.807) is 6.92 Å². The molecule has 1 amide bonds. The zero-order valence-electron chi connectivity index (χ0n) is 19.4. The van der Waals surface area contributed by atoms with Crippen LogP contribution in [0.5, 0.6) is 5.75 Å². The lowest BCUT2D eigenvalue weighted by molar-refractivity contribution is -0.390. The van der Waals surface area contributed by atoms with E-state index >= 15 is 0 Å². The highest BCUT2D eigenvalue weighted by Gasteiger charge is 2.39. The molecule has 0 N–H and O–H groups in total. The number of pyridine rings is 1. The van der Waals surface area contributed by atoms with Gasteiger partial charge in [-0.1, -0.05) is 20.8 Å². The van der Waals surface area contributed by atoms with Crippen LogP contribution in [-0.2, 0) is 18.7 Å². The van der Waals surface area contributed by atoms with E-state index in [0.717, 1.165) is 0 Å². The van der Waals surface area contributed by atoms with Gasteiger partial charge in [-0.15, -0.1) is 0 Å². The van der Waals surface area contributed by atoms with Crippen LogP contribution in [0.4, 0.5) is 16.4 Å². The zero-order chi connectivity index (χ0) is 24.1. The fourth-order valence-corrected chi connectivity index (χ4v) is 3.74. The normalized spacial score (nSPS) is 16.6. The van der Waals surface area contributed by atoms with Gasteiger partial charge in [0, 0.05) is 19.1 Å². The van der Waals surface area contributed by atoms with E-state index in [9.17, 15) is 19.7 Å². The Bertz CT molecular complexity index is 856. The average Bonchev–Trinajstić information content (AvgIpc) is 3.05. The quantitative estimate of drug-likeness (QED) is 0.218. The Hall–Kier alpha value is -2.73. The van der Waals surface area contributed by atoms with Crippen molar-refractivity contribution in [2.24, 2.45) is 0 Å². The second-order valence-electron chi connectivity index (χ2n) is 8.86. The maximum atomic E-state index is 12.3. The molecule has 1 aliphatic rings. The van der Waals surface area contributed by atoms with Crippen molar-refractivity contribution >= 4 is 32.0 Å². The number of cyclic esters (lactones) is 1. The summed E-state index contributed by atoms with van der Waals surface area (Å²) in [5, 5.41) is 11.5. The number of carbonyl (C=O) groups excluding carboxylic acids is 2. The van der Waals surface area contributed by atoms with E-state index < -0.39 is 43.8 Å². The predicted octanol–water partition coefficient (Wildman–Crippen LogP) is 3.67. The summed E-state index contributed by atoms with van der Waals surface area (Å²) < 4.78 is 21.4. The number of nitrogens with zero attached hydrogens (tertiary/aromatic N) is 3. The van der Waals surface area contributed by atoms with Crippen molar-refractivity contribution in [1.29, 1.82) is 0 Å². The number of hydrogen-bond acceptors (Lipinski definition) is 9. The molecule has 12 heteroatoms. The molecular weight excluding hydrogens is 438 g/mol. The molecule has 1 aromatic rings. The maximum Gasteiger partial charge on any atom is 0.417 e. The van der Waals surface area contributed by atoms with Crippen LogP contribution < -0.4 is 9.64 Å². The van der Waals surface area contributed by atoms with Crippen LogP contribution >= 0.6 is 0 Å². The van der Waals surface area contributed by atoms with Gasteiger partial charge in [-0.2, -0.15) is 0 Å². The molecule has 0 aromatic carbocycles. The van der Waals surface area contributed by atoms with Crippen LogP contribution in [-0.4, -0.2) is 62.8 Å². The number of ether oxygens (including phenoxy) is 3. The predicted molar refractivity (Wildman–Crippen MR) is 118 cm³/mol. The fourth-order valence-electron chi connectivity index (χ4n) is 2.68. The second kappa shape index (κ2) is 10.3. The van der Waals surface area contributed by atoms with Crippen LogP contribution in [0.2, 0.25) is 18.1 Å². The Balaban J connectivity index is 2.03. The average molecular weight is 470 g/mol. The Kier molecular flexibility index (Phi) is 8.18. The first-order valence-corrected chi connectivity index (χ1v) is 13.3. The molecule has 0 aliphatic carbocycles. The molecule has 1 atom stereocenters. The van der Waals surface area contributed by atoms with Gasteiger partial charge in [-0.25, -0.2) is 14.5 Å². The lowest BCUT2D eigenvalue weighted by Gasteiger charge is -2.36. The first kappa shape index (κ1) is 25.5. The number of aromatic nitrogens is 1. The third kappa shape index (κ3) is 6.39. The summed E-state index contributed by atoms with van der Waals surface area (Å²) >= 11 is 0. The summed E-state index contributed by atoms with van der Waals surface area (Å²) in [5.74, 6) is -1.39. The molecule has 32 heavy (non-hydrogen) atoms. The maximum absolute atomic E-state index is 12.3. The molecule has 178 valence electrons. The van der Waals surface area contributed by atoms with Crippen molar-refractivity contribution in [3.05, 3.63) is 22.2 Å². The lowest BCUT2D eigenvalue weighted by Crippen LogP contribution is -2.41. The molecule has 11 nitrogen and oxygen atoms in total. The largest absolute Gasteiger partial charge is 0.474 e. The summed E-state index contributed by atoms with van der Waals surface area (Å²) in [6.45, 7) is 12.7. The molecule has 1 aliphatic heterocycles. The molecule has 1 aromatic heterocycles. The second-order valence-corrected chi connectivity index (χ2v) is 13.7. The number of rotatable bonds is 10. The highest BCUT2D eigenvalue weighted by atomic mass is 28.4. The van der Waals surface area contributed by atoms with Crippen LogP contribution in [0.1, 0.15) is 34.1 Å². The van der Waals surface area contributed by atoms with E-state index in [0.29, 0.717) is 13.0 Å². The van der Waals surface area contributed by atoms with Crippen molar-refractivity contribution in [1.82, 2.24) is 4.98 Å². The summed E-state index contributed by atoms with van der Waals surface area (Å²) in [5.41, 5.74) is 0. The molecule has 1 saturated heterocycles. The Morgan fingerprint density at radius 3 is 2.66 bits per heavy atom. The summed E-state index contributed by atoms with van der Waals surface area (Å²) in [4.78, 5) is 39.6. The number of hydrogen-bond donors (Lipinski definition) is 0. The Morgan fingerprint density at radius 2 is 2.06 bits per heavy atom. The van der Waals surface area contributed by atoms with Crippen LogP contribution in [0.3, 0.4) is 0 Å². The third-order valence-corrected chi connectivity index (χ3v) is 10.0. The standard InChI is InChI=1S/C20H31N3O8Si/c1-7-28-17(24)13-29-15-8-9-16(21-18(15)23(26)27)22-12-14(31-19(22)25)10-11-30-32(5,6)20(2,3)4/h8-9,14H,7,10-13H2,1-6H3. The van der Waals surface area contributed by atoms with E-state index in [4.69, 9.17) is 18.6 Å². The van der Waals surface area contributed by atoms with Gasteiger partial charge in [-0.05, 0) is 41.0 Å². The van der Waals surface area contributed by atoms with Gasteiger partial charge in [0.2, 0.25) is 5.75 Å². The summed E-state index contributed by atoms with van der Waals surface area (Å²) in [6, 6.07) is 2.70. The van der Waals surface area contributed by atoms with Gasteiger partial charge in [-0.3, -0.25) is 0 Å². The minimum absolute atomic E-state index is 0.0676. The summed E-state index contributed by atoms with van der Waals surface area (Å²) in [7, 11) is -1.91. The Labute approximate surface area is 188 Å². The van der Waals surface area contributed by atoms with E-state index in [1.807, 2.05) is 0 Å². The molecule has 2 heterocycles. The monoisotopic (exact) mass is 469 g/mol. The summed E-state index contributed by atoms with van der Waals surface area (Å²) in [6.07, 6.45) is -0.533. The van der Waals surface area contributed by atoms with Crippen molar-refractivity contribution in [3.8, 4) is 5.75 Å². The molecule has 0 bridgehead atoms. The SMILES string of the molecule is CCOC(=O)COc1ccc(N2CC(CCO[Si](C)(C)C(C)(C)C)OC2=O)nc1[N+](=O)[O-]. The van der Waals surface area contributed by atoms with Crippen molar-refractivity contribution < 1.29 is 33.1 Å². The van der Waals surface area contributed by atoms with Crippen LogP contribution in [0.15, 0.2) is 12.1 Å². The van der Waals surface area contributed by atoms with E-state index in [2.05, 4.69) is 38.8 Å². The lowest BCUT2D eigenvalue weighted by atomic mass is 10.2. The molecule has 1 unspecified atom stereocenters. The minimum atomic E-state index is -1.91. The van der Waals surface area contributed by atoms with Crippen molar-refractivity contribution in [3.63, 3.8) is 0 Å². The van der Waals surface area contributed by atoms with Crippen LogP contribution in [0, 0.1) is 10.1 Å². The zero-order valence-corrected chi connectivity index (χ0v) is 20.4. The molecule has 0 saturated carbocycles. The number of anilines is 1. The number of esters is 1. The smallest absolute Gasteiger partial charge is 0.417 e. The molecule has 0 spiro atoms. The fraction of sp³-hybridized carbons (Fsp3) is 0.650. The third-order valence-electron chi connectivity index (χ3n) is 5.51. The van der Waals surface area contributed by atoms with Gasteiger partial charge in [0.15, 0.2) is 14.9 Å². The molecule has 1 fully saturated rings. The number of carbonyl (C=O) groups is 2. The highest BCUT2D eigenvalue weighted by molar-refractivity contribution is 6.74. The van der Waals surface area contributed by atoms with Crippen LogP contribution in [0.25, 0.3) is 0 Å². The molecule has 2 rings (SSSR count). The van der Waals surface area contributed by atoms with E-state index in [1.165, 1.54) is 17.0 Å². The van der Waals surface area contributed by atoms with Gasteiger partial charge >= 0.3 is 17.9 Å². The van der Waals surface area contributed by atoms with Crippen molar-refractivity contribution in [2.75, 3.05) is 31.3 Å². The van der Waals surface area contributed by atoms with Gasteiger partial charge < -0.3 is 28.8 Å². The van der Waals surface area contributed by atoms with Gasteiger partial charge in [0.1, 0.15) is 6.10 Å². The number of amides is 1. The molecule has 0 radical (unpaired) electrons. The van der Waals surface area contributed by atoms with Crippen molar-refractivity contribution in [2.45, 2.75) is 58.4 Å². The minimum Gasteiger partial charge on any atom is -0.474 e. The van der Waals surface area contributed by atoms with Gasteiger partial charge in [0.25, 0.3) is 5.82 Å². The van der Waals surface area contributed by atoms with Gasteiger partial charge in [0.05, 0.1) is 13.2 Å². The highest BCUT2D eigenvalue weighted by Crippen LogP contribution is 2.37. The number of nitro groups is 1. The topological polar surface area (TPSA) is 130 Å². The first-order chi connectivity index (χ1) is 14.9.